The topological polar surface area (TPSA) is 173 Å². The molecule has 1 fully saturated rings. The first-order chi connectivity index (χ1) is 30.9. The number of aromatic amines is 1. The molecule has 0 bridgehead atoms. The molecule has 1 aliphatic heterocycles. The minimum Gasteiger partial charge on any atom is -0.478 e. The van der Waals surface area contributed by atoms with Crippen molar-refractivity contribution in [3.63, 3.8) is 0 Å². The Labute approximate surface area is 392 Å². The summed E-state index contributed by atoms with van der Waals surface area (Å²) in [5.41, 5.74) is 5.04. The Morgan fingerprint density at radius 3 is 2.35 bits per heavy atom. The molecule has 4 heterocycles. The fourth-order valence-corrected chi connectivity index (χ4v) is 10.2. The minimum atomic E-state index is -1.13. The molecule has 8 rings (SSSR count). The van der Waals surface area contributed by atoms with Gasteiger partial charge in [0.2, 0.25) is 5.91 Å². The van der Waals surface area contributed by atoms with Crippen LogP contribution < -0.4 is 10.6 Å². The van der Waals surface area contributed by atoms with Crippen LogP contribution in [0.5, 0.6) is 0 Å². The van der Waals surface area contributed by atoms with Crippen molar-refractivity contribution in [3.05, 3.63) is 121 Å². The number of ether oxygens (including phenoxy) is 2. The maximum Gasteiger partial charge on any atom is 0.337 e. The third-order valence-corrected chi connectivity index (χ3v) is 14.4. The van der Waals surface area contributed by atoms with Gasteiger partial charge in [0.1, 0.15) is 22.5 Å². The summed E-state index contributed by atoms with van der Waals surface area (Å²) < 4.78 is 14.6. The van der Waals surface area contributed by atoms with Crippen LogP contribution in [0, 0.1) is 20.8 Å². The predicted molar refractivity (Wildman–Crippen MR) is 255 cm³/mol. The van der Waals surface area contributed by atoms with Crippen molar-refractivity contribution < 1.29 is 29.0 Å². The minimum absolute atomic E-state index is 0.0477. The number of aryl methyl sites for hydroxylation is 2. The molecule has 65 heavy (non-hydrogen) atoms. The molecule has 0 unspecified atom stereocenters. The van der Waals surface area contributed by atoms with Gasteiger partial charge in [-0.05, 0) is 115 Å². The first kappa shape index (κ1) is 46.2. The Hall–Kier alpha value is -5.38. The second kappa shape index (κ2) is 18.1. The van der Waals surface area contributed by atoms with Gasteiger partial charge in [-0.15, -0.1) is 21.5 Å². The number of fused-ring (bicyclic) bond motifs is 4. The van der Waals surface area contributed by atoms with Gasteiger partial charge >= 0.3 is 5.97 Å². The summed E-state index contributed by atoms with van der Waals surface area (Å²) in [7, 11) is 0. The van der Waals surface area contributed by atoms with Crippen LogP contribution in [0.15, 0.2) is 71.9 Å². The summed E-state index contributed by atoms with van der Waals surface area (Å²) in [5.74, 6) is -0.145. The van der Waals surface area contributed by atoms with Crippen molar-refractivity contribution in [1.82, 2.24) is 30.4 Å². The molecule has 1 aliphatic carbocycles. The standard InChI is InChI=1S/C49H53Cl2N7O6S/c1-27-28(2)65-44-41(27)42(31-11-15-33(50)16-12-31)54-39(43-57-56-29(3)58(43)44)25-40(59)55-47(4,5)19-21-63-48(6,7)46(62)52-20-22-64-49(17-8-18-49)32-13-9-30(10-14-32)34-23-35-36(45(60)61)26-53-38(35)24-37(34)51/h9-16,23-24,26,39,53H,8,17-22,25H2,1-7H3,(H,52,62)(H,55,59)(H,60,61)/t39-/m0/s1. The molecule has 1 saturated carbocycles. The van der Waals surface area contributed by atoms with E-state index < -0.39 is 28.8 Å². The molecule has 3 aromatic heterocycles. The molecule has 0 spiro atoms. The Morgan fingerprint density at radius 2 is 1.68 bits per heavy atom. The molecule has 2 aliphatic rings. The van der Waals surface area contributed by atoms with Crippen molar-refractivity contribution in [2.45, 2.75) is 103 Å². The van der Waals surface area contributed by atoms with Crippen LogP contribution in [-0.2, 0) is 24.7 Å². The van der Waals surface area contributed by atoms with E-state index in [4.69, 9.17) is 37.7 Å². The zero-order valence-electron chi connectivity index (χ0n) is 37.5. The zero-order chi connectivity index (χ0) is 46.4. The lowest BCUT2D eigenvalue weighted by atomic mass is 9.74. The van der Waals surface area contributed by atoms with Crippen LogP contribution >= 0.6 is 34.5 Å². The Morgan fingerprint density at radius 1 is 0.969 bits per heavy atom. The normalized spacial score (nSPS) is 15.7. The average molecular weight is 939 g/mol. The van der Waals surface area contributed by atoms with Crippen molar-refractivity contribution in [3.8, 4) is 16.1 Å². The monoisotopic (exact) mass is 937 g/mol. The summed E-state index contributed by atoms with van der Waals surface area (Å²) in [5, 5.41) is 27.4. The highest BCUT2D eigenvalue weighted by Crippen LogP contribution is 2.46. The van der Waals surface area contributed by atoms with Crippen LogP contribution in [-0.4, -0.2) is 79.2 Å². The van der Waals surface area contributed by atoms with E-state index in [0.717, 1.165) is 69.2 Å². The molecular weight excluding hydrogens is 886 g/mol. The van der Waals surface area contributed by atoms with E-state index >= 15 is 0 Å². The SMILES string of the molecule is Cc1sc2c(c1C)C(c1ccc(Cl)cc1)=N[C@@H](CC(=O)NC(C)(C)CCOC(C)(C)C(=O)NCCOC1(c3ccc(-c4cc5c(C(=O)O)c[nH]c5cc4Cl)cc3)CCC1)c1nnc(C)n1-2. The highest BCUT2D eigenvalue weighted by Gasteiger charge is 2.40. The van der Waals surface area contributed by atoms with Gasteiger partial charge in [-0.1, -0.05) is 59.6 Å². The molecule has 340 valence electrons. The van der Waals surface area contributed by atoms with Crippen LogP contribution in [0.2, 0.25) is 10.0 Å². The second-order valence-corrected chi connectivity index (χ2v) is 20.1. The fraction of sp³-hybridized carbons (Fsp3) is 0.388. The van der Waals surface area contributed by atoms with Crippen LogP contribution in [0.25, 0.3) is 27.0 Å². The fourth-order valence-electron chi connectivity index (χ4n) is 8.56. The molecule has 4 N–H and O–H groups in total. The third-order valence-electron chi connectivity index (χ3n) is 12.6. The number of aromatic carboxylic acids is 1. The summed E-state index contributed by atoms with van der Waals surface area (Å²) in [6, 6.07) is 18.6. The third kappa shape index (κ3) is 9.37. The number of benzene rings is 3. The summed E-state index contributed by atoms with van der Waals surface area (Å²) in [4.78, 5) is 48.3. The number of carbonyl (C=O) groups excluding carboxylic acids is 2. The quantitative estimate of drug-likeness (QED) is 0.0695. The van der Waals surface area contributed by atoms with E-state index in [-0.39, 0.29) is 30.4 Å². The van der Waals surface area contributed by atoms with Gasteiger partial charge in [-0.25, -0.2) is 4.79 Å². The van der Waals surface area contributed by atoms with Gasteiger partial charge in [-0.2, -0.15) is 0 Å². The number of rotatable bonds is 16. The molecule has 3 aromatic carbocycles. The van der Waals surface area contributed by atoms with E-state index in [2.05, 4.69) is 39.7 Å². The lowest BCUT2D eigenvalue weighted by molar-refractivity contribution is -0.145. The number of carbonyl (C=O) groups is 3. The first-order valence-corrected chi connectivity index (χ1v) is 23.3. The number of nitrogens with one attached hydrogen (secondary N) is 3. The van der Waals surface area contributed by atoms with Crippen molar-refractivity contribution in [1.29, 1.82) is 0 Å². The Balaban J connectivity index is 0.839. The second-order valence-electron chi connectivity index (χ2n) is 18.1. The molecule has 0 saturated heterocycles. The molecular formula is C49H53Cl2N7O6S. The number of nitrogens with zero attached hydrogens (tertiary/aromatic N) is 4. The number of carboxylic acid groups (broad SMARTS) is 1. The smallest absolute Gasteiger partial charge is 0.337 e. The van der Waals surface area contributed by atoms with E-state index in [1.807, 2.05) is 73.9 Å². The number of hydrogen-bond acceptors (Lipinski definition) is 9. The lowest BCUT2D eigenvalue weighted by Crippen LogP contribution is -2.48. The summed E-state index contributed by atoms with van der Waals surface area (Å²) in [6.45, 7) is 14.3. The molecule has 0 radical (unpaired) electrons. The van der Waals surface area contributed by atoms with Gasteiger partial charge in [0.05, 0.1) is 41.5 Å². The summed E-state index contributed by atoms with van der Waals surface area (Å²) >= 11 is 14.6. The highest BCUT2D eigenvalue weighted by atomic mass is 35.5. The number of aromatic nitrogens is 4. The number of H-pyrrole nitrogens is 1. The van der Waals surface area contributed by atoms with Crippen molar-refractivity contribution in [2.24, 2.45) is 4.99 Å². The van der Waals surface area contributed by atoms with Gasteiger partial charge in [-0.3, -0.25) is 19.1 Å². The number of hydrogen-bond donors (Lipinski definition) is 4. The average Bonchev–Trinajstić information content (AvgIpc) is 3.89. The lowest BCUT2D eigenvalue weighted by Gasteiger charge is -2.42. The van der Waals surface area contributed by atoms with Gasteiger partial charge in [0.25, 0.3) is 5.91 Å². The number of aliphatic imine (C=N–C) groups is 1. The maximum atomic E-state index is 13.8. The number of thiophene rings is 1. The highest BCUT2D eigenvalue weighted by molar-refractivity contribution is 7.15. The molecule has 2 amide bonds. The van der Waals surface area contributed by atoms with Crippen molar-refractivity contribution >= 4 is 68.9 Å². The first-order valence-electron chi connectivity index (χ1n) is 21.7. The van der Waals surface area contributed by atoms with Crippen LogP contribution in [0.1, 0.15) is 115 Å². The van der Waals surface area contributed by atoms with Gasteiger partial charge in [0, 0.05) is 55.8 Å². The molecule has 1 atom stereocenters. The molecule has 6 aromatic rings. The summed E-state index contributed by atoms with van der Waals surface area (Å²) in [6.07, 6.45) is 4.71. The van der Waals surface area contributed by atoms with E-state index in [0.29, 0.717) is 46.3 Å². The molecule has 16 heteroatoms. The Kier molecular flexibility index (Phi) is 12.9. The maximum absolute atomic E-state index is 13.8. The number of carboxylic acids is 1. The largest absolute Gasteiger partial charge is 0.478 e. The predicted octanol–water partition coefficient (Wildman–Crippen LogP) is 9.98. The number of amides is 2. The van der Waals surface area contributed by atoms with Crippen LogP contribution in [0.3, 0.4) is 0 Å². The van der Waals surface area contributed by atoms with Gasteiger partial charge in [0.15, 0.2) is 5.82 Å². The van der Waals surface area contributed by atoms with E-state index in [1.165, 1.54) is 11.1 Å². The zero-order valence-corrected chi connectivity index (χ0v) is 39.9. The van der Waals surface area contributed by atoms with Crippen molar-refractivity contribution in [2.75, 3.05) is 19.8 Å². The molecule has 13 nitrogen and oxygen atoms in total. The van der Waals surface area contributed by atoms with Gasteiger partial charge < -0.3 is 30.2 Å². The van der Waals surface area contributed by atoms with Crippen LogP contribution in [0.4, 0.5) is 0 Å². The van der Waals surface area contributed by atoms with E-state index in [1.54, 1.807) is 37.3 Å². The number of halogens is 2. The Bertz CT molecular complexity index is 2820. The van der Waals surface area contributed by atoms with E-state index in [9.17, 15) is 19.5 Å².